The number of hydrogen-bond donors (Lipinski definition) is 4. The highest BCUT2D eigenvalue weighted by Crippen LogP contribution is 2.23. The van der Waals surface area contributed by atoms with E-state index in [0.29, 0.717) is 18.8 Å². The van der Waals surface area contributed by atoms with Gasteiger partial charge < -0.3 is 30.8 Å². The fraction of sp³-hybridized carbons (Fsp3) is 0.261. The summed E-state index contributed by atoms with van der Waals surface area (Å²) < 4.78 is 7.61. The molecule has 0 bridgehead atoms. The molecule has 3 rings (SSSR count). The lowest BCUT2D eigenvalue weighted by atomic mass is 10.1. The van der Waals surface area contributed by atoms with Crippen molar-refractivity contribution in [3.63, 3.8) is 0 Å². The van der Waals surface area contributed by atoms with Gasteiger partial charge in [-0.25, -0.2) is 9.59 Å². The summed E-state index contributed by atoms with van der Waals surface area (Å²) in [5.41, 5.74) is 6.84. The van der Waals surface area contributed by atoms with Gasteiger partial charge in [0.1, 0.15) is 24.9 Å². The number of aromatic nitrogens is 1. The zero-order valence-electron chi connectivity index (χ0n) is 17.5. The number of aliphatic carboxylic acids is 1. The van der Waals surface area contributed by atoms with Crippen LogP contribution in [0.25, 0.3) is 10.9 Å². The smallest absolute Gasteiger partial charge is 0.326 e. The molecule has 0 aliphatic carbocycles. The van der Waals surface area contributed by atoms with E-state index >= 15 is 0 Å². The van der Waals surface area contributed by atoms with Crippen molar-refractivity contribution in [3.8, 4) is 5.75 Å². The maximum atomic E-state index is 12.5. The molecule has 0 radical (unpaired) electrons. The Labute approximate surface area is 185 Å². The van der Waals surface area contributed by atoms with E-state index in [9.17, 15) is 19.5 Å². The van der Waals surface area contributed by atoms with Gasteiger partial charge in [-0.1, -0.05) is 30.3 Å². The zero-order valence-corrected chi connectivity index (χ0v) is 17.5. The minimum Gasteiger partial charge on any atom is -0.489 e. The first-order valence-electron chi connectivity index (χ1n) is 10.2. The summed E-state index contributed by atoms with van der Waals surface area (Å²) in [7, 11) is 0. The topological polar surface area (TPSA) is 136 Å². The monoisotopic (exact) mass is 438 g/mol. The molecular formula is C23H26N4O5. The van der Waals surface area contributed by atoms with Crippen LogP contribution in [0.4, 0.5) is 4.79 Å². The number of amides is 3. The number of benzene rings is 2. The van der Waals surface area contributed by atoms with Crippen LogP contribution in [0.3, 0.4) is 0 Å². The van der Waals surface area contributed by atoms with E-state index in [2.05, 4.69) is 10.6 Å². The summed E-state index contributed by atoms with van der Waals surface area (Å²) in [6.07, 6.45) is 2.32. The van der Waals surface area contributed by atoms with Gasteiger partial charge in [-0.3, -0.25) is 4.79 Å². The zero-order chi connectivity index (χ0) is 22.9. The van der Waals surface area contributed by atoms with E-state index in [4.69, 9.17) is 10.5 Å². The maximum Gasteiger partial charge on any atom is 0.326 e. The minimum atomic E-state index is -1.13. The van der Waals surface area contributed by atoms with Crippen molar-refractivity contribution in [1.82, 2.24) is 15.2 Å². The molecule has 0 saturated carbocycles. The molecule has 2 aromatic carbocycles. The fourth-order valence-corrected chi connectivity index (χ4v) is 3.30. The third-order valence-corrected chi connectivity index (χ3v) is 4.91. The molecule has 0 spiro atoms. The number of urea groups is 1. The van der Waals surface area contributed by atoms with Crippen LogP contribution in [-0.2, 0) is 22.7 Å². The Morgan fingerprint density at radius 1 is 1.09 bits per heavy atom. The number of hydrogen-bond acceptors (Lipinski definition) is 4. The van der Waals surface area contributed by atoms with Crippen LogP contribution in [0, 0.1) is 0 Å². The number of nitrogens with two attached hydrogens (primary N) is 1. The van der Waals surface area contributed by atoms with Crippen LogP contribution in [0.2, 0.25) is 0 Å². The summed E-state index contributed by atoms with van der Waals surface area (Å²) in [5, 5.41) is 15.2. The normalized spacial score (nSPS) is 11.6. The molecule has 0 aliphatic heterocycles. The first kappa shape index (κ1) is 22.7. The van der Waals surface area contributed by atoms with Crippen molar-refractivity contribution in [2.24, 2.45) is 5.73 Å². The predicted molar refractivity (Wildman–Crippen MR) is 119 cm³/mol. The Balaban J connectivity index is 1.60. The number of primary amides is 1. The van der Waals surface area contributed by atoms with Crippen molar-refractivity contribution >= 4 is 28.8 Å². The molecule has 3 aromatic rings. The molecule has 3 amide bonds. The Morgan fingerprint density at radius 2 is 1.88 bits per heavy atom. The number of rotatable bonds is 11. The first-order valence-corrected chi connectivity index (χ1v) is 10.2. The lowest BCUT2D eigenvalue weighted by Gasteiger charge is -2.15. The van der Waals surface area contributed by atoms with Gasteiger partial charge in [-0.15, -0.1) is 0 Å². The van der Waals surface area contributed by atoms with Crippen LogP contribution < -0.4 is 21.1 Å². The van der Waals surface area contributed by atoms with Crippen molar-refractivity contribution < 1.29 is 24.2 Å². The molecule has 32 heavy (non-hydrogen) atoms. The molecular weight excluding hydrogens is 412 g/mol. The lowest BCUT2D eigenvalue weighted by Crippen LogP contribution is -2.42. The van der Waals surface area contributed by atoms with E-state index in [-0.39, 0.29) is 19.5 Å². The Bertz CT molecular complexity index is 1080. The third-order valence-electron chi connectivity index (χ3n) is 4.91. The molecule has 0 fully saturated rings. The van der Waals surface area contributed by atoms with Gasteiger partial charge in [0.2, 0.25) is 5.91 Å². The van der Waals surface area contributed by atoms with Crippen LogP contribution in [0.5, 0.6) is 5.75 Å². The largest absolute Gasteiger partial charge is 0.489 e. The molecule has 9 nitrogen and oxygen atoms in total. The number of nitrogens with zero attached hydrogens (tertiary/aromatic N) is 1. The maximum absolute atomic E-state index is 12.5. The summed E-state index contributed by atoms with van der Waals surface area (Å²) >= 11 is 0. The van der Waals surface area contributed by atoms with Gasteiger partial charge in [0, 0.05) is 18.8 Å². The molecule has 9 heteroatoms. The van der Waals surface area contributed by atoms with Gasteiger partial charge in [0.05, 0.1) is 5.52 Å². The summed E-state index contributed by atoms with van der Waals surface area (Å²) in [6, 6.07) is 15.6. The Hall–Kier alpha value is -4.01. The molecule has 1 atom stereocenters. The van der Waals surface area contributed by atoms with Crippen molar-refractivity contribution in [3.05, 3.63) is 66.4 Å². The van der Waals surface area contributed by atoms with Gasteiger partial charge in [0.15, 0.2) is 0 Å². The van der Waals surface area contributed by atoms with Crippen LogP contribution >= 0.6 is 0 Å². The van der Waals surface area contributed by atoms with Crippen LogP contribution in [0.15, 0.2) is 60.8 Å². The number of ether oxygens (including phenoxy) is 1. The quantitative estimate of drug-likeness (QED) is 0.341. The first-order chi connectivity index (χ1) is 15.4. The van der Waals surface area contributed by atoms with E-state index < -0.39 is 23.9 Å². The molecule has 1 aromatic heterocycles. The van der Waals surface area contributed by atoms with E-state index in [1.807, 2.05) is 54.6 Å². The van der Waals surface area contributed by atoms with Gasteiger partial charge in [0.25, 0.3) is 0 Å². The third kappa shape index (κ3) is 6.49. The number of carbonyl (C=O) groups excluding carboxylic acids is 2. The van der Waals surface area contributed by atoms with Crippen molar-refractivity contribution in [1.29, 1.82) is 0 Å². The highest BCUT2D eigenvalue weighted by atomic mass is 16.5. The SMILES string of the molecule is NC(=O)NCCCC(NC(=O)Cn1ccc2ccc(OCc3ccccc3)cc21)C(=O)O. The second-order valence-electron chi connectivity index (χ2n) is 7.33. The second-order valence-corrected chi connectivity index (χ2v) is 7.33. The second kappa shape index (κ2) is 10.9. The number of carboxylic acid groups (broad SMARTS) is 1. The Morgan fingerprint density at radius 3 is 2.59 bits per heavy atom. The number of nitrogens with one attached hydrogen (secondary N) is 2. The average molecular weight is 438 g/mol. The fourth-order valence-electron chi connectivity index (χ4n) is 3.30. The Kier molecular flexibility index (Phi) is 7.69. The van der Waals surface area contributed by atoms with Gasteiger partial charge in [-0.05, 0) is 42.0 Å². The molecule has 1 unspecified atom stereocenters. The van der Waals surface area contributed by atoms with Gasteiger partial charge >= 0.3 is 12.0 Å². The van der Waals surface area contributed by atoms with E-state index in [0.717, 1.165) is 16.5 Å². The lowest BCUT2D eigenvalue weighted by molar-refractivity contribution is -0.142. The molecule has 5 N–H and O–H groups in total. The molecule has 0 saturated heterocycles. The van der Waals surface area contributed by atoms with E-state index in [1.54, 1.807) is 10.8 Å². The number of carbonyl (C=O) groups is 3. The van der Waals surface area contributed by atoms with Crippen LogP contribution in [0.1, 0.15) is 18.4 Å². The molecule has 0 aliphatic rings. The standard InChI is InChI=1S/C23H26N4O5/c24-23(31)25-11-4-7-19(22(29)30)26-21(28)14-27-12-10-17-8-9-18(13-20(17)27)32-15-16-5-2-1-3-6-16/h1-3,5-6,8-10,12-13,19H,4,7,11,14-15H2,(H,26,28)(H,29,30)(H3,24,25,31). The summed E-state index contributed by atoms with van der Waals surface area (Å²) in [5.74, 6) is -0.883. The predicted octanol–water partition coefficient (Wildman–Crippen LogP) is 2.24. The summed E-state index contributed by atoms with van der Waals surface area (Å²) in [6.45, 7) is 0.635. The highest BCUT2D eigenvalue weighted by molar-refractivity contribution is 5.86. The minimum absolute atomic E-state index is 0.0328. The van der Waals surface area contributed by atoms with Crippen molar-refractivity contribution in [2.75, 3.05) is 6.54 Å². The summed E-state index contributed by atoms with van der Waals surface area (Å²) in [4.78, 5) is 34.6. The van der Waals surface area contributed by atoms with E-state index in [1.165, 1.54) is 0 Å². The van der Waals surface area contributed by atoms with Crippen molar-refractivity contribution in [2.45, 2.75) is 32.0 Å². The van der Waals surface area contributed by atoms with Crippen LogP contribution in [-0.4, -0.2) is 40.2 Å². The number of fused-ring (bicyclic) bond motifs is 1. The van der Waals surface area contributed by atoms with Gasteiger partial charge in [-0.2, -0.15) is 0 Å². The number of carboxylic acids is 1. The average Bonchev–Trinajstić information content (AvgIpc) is 3.16. The highest BCUT2D eigenvalue weighted by Gasteiger charge is 2.20. The molecule has 168 valence electrons. The molecule has 1 heterocycles.